The lowest BCUT2D eigenvalue weighted by molar-refractivity contribution is -0.137. The first-order valence-corrected chi connectivity index (χ1v) is 4.80. The summed E-state index contributed by atoms with van der Waals surface area (Å²) in [6.45, 7) is 0.282. The molecule has 1 aliphatic heterocycles. The molecule has 0 aromatic carbocycles. The van der Waals surface area contributed by atoms with Gasteiger partial charge in [0.25, 0.3) is 11.8 Å². The first-order valence-electron chi connectivity index (χ1n) is 4.80. The molecule has 0 saturated heterocycles. The Morgan fingerprint density at radius 1 is 1.31 bits per heavy atom. The van der Waals surface area contributed by atoms with Gasteiger partial charge < -0.3 is 5.32 Å². The number of carbonyl (C=O) groups is 3. The van der Waals surface area contributed by atoms with Crippen LogP contribution in [0.25, 0.3) is 0 Å². The van der Waals surface area contributed by atoms with Crippen molar-refractivity contribution in [2.75, 3.05) is 13.1 Å². The fourth-order valence-corrected chi connectivity index (χ4v) is 1.21. The third-order valence-electron chi connectivity index (χ3n) is 2.01. The van der Waals surface area contributed by atoms with Crippen LogP contribution in [0.15, 0.2) is 12.2 Å². The monoisotopic (exact) mass is 223 g/mol. The molecule has 1 radical (unpaired) electrons. The zero-order chi connectivity index (χ0) is 12.0. The van der Waals surface area contributed by atoms with E-state index in [0.717, 1.165) is 4.90 Å². The molecule has 6 nitrogen and oxygen atoms in total. The average molecular weight is 223 g/mol. The van der Waals surface area contributed by atoms with E-state index < -0.39 is 11.8 Å². The van der Waals surface area contributed by atoms with Crippen LogP contribution in [0, 0.1) is 0 Å². The number of imide groups is 1. The van der Waals surface area contributed by atoms with Gasteiger partial charge in [0, 0.05) is 38.1 Å². The van der Waals surface area contributed by atoms with Crippen molar-refractivity contribution in [1.29, 1.82) is 0 Å². The number of nitrogens with one attached hydrogen (secondary N) is 1. The highest BCUT2D eigenvalue weighted by atomic mass is 16.2. The fourth-order valence-electron chi connectivity index (χ4n) is 1.21. The molecule has 0 atom stereocenters. The number of rotatable bonds is 6. The SMILES string of the molecule is O=[C]CCNC(=O)CCN1C(=O)C=CC1=O. The van der Waals surface area contributed by atoms with Crippen LogP contribution in [0.3, 0.4) is 0 Å². The van der Waals surface area contributed by atoms with Crippen molar-refractivity contribution in [2.24, 2.45) is 0 Å². The minimum Gasteiger partial charge on any atom is -0.356 e. The number of hydrogen-bond donors (Lipinski definition) is 1. The van der Waals surface area contributed by atoms with Crippen molar-refractivity contribution in [3.05, 3.63) is 12.2 Å². The second kappa shape index (κ2) is 5.79. The quantitative estimate of drug-likeness (QED) is 0.458. The molecule has 16 heavy (non-hydrogen) atoms. The predicted molar refractivity (Wildman–Crippen MR) is 53.8 cm³/mol. The van der Waals surface area contributed by atoms with Gasteiger partial charge in [0.1, 0.15) is 0 Å². The lowest BCUT2D eigenvalue weighted by Crippen LogP contribution is -2.35. The standard InChI is InChI=1S/C10H11N2O4/c13-7-1-5-11-8(14)4-6-12-9(15)2-3-10(12)16/h2-3H,1,4-6H2,(H,11,14). The van der Waals surface area contributed by atoms with Crippen LogP contribution in [0.5, 0.6) is 0 Å². The van der Waals surface area contributed by atoms with Crippen molar-refractivity contribution in [1.82, 2.24) is 10.2 Å². The third-order valence-corrected chi connectivity index (χ3v) is 2.01. The van der Waals surface area contributed by atoms with Crippen LogP contribution in [0.2, 0.25) is 0 Å². The Morgan fingerprint density at radius 2 is 1.94 bits per heavy atom. The summed E-state index contributed by atoms with van der Waals surface area (Å²) in [6.07, 6.45) is 4.15. The summed E-state index contributed by atoms with van der Waals surface area (Å²) in [5.41, 5.74) is 0. The maximum Gasteiger partial charge on any atom is 0.253 e. The van der Waals surface area contributed by atoms with Gasteiger partial charge in [-0.1, -0.05) is 0 Å². The summed E-state index contributed by atoms with van der Waals surface area (Å²) in [7, 11) is 0. The summed E-state index contributed by atoms with van der Waals surface area (Å²) in [5.74, 6) is -1.11. The molecule has 0 bridgehead atoms. The van der Waals surface area contributed by atoms with E-state index in [9.17, 15) is 19.2 Å². The van der Waals surface area contributed by atoms with Gasteiger partial charge in [-0.2, -0.15) is 0 Å². The van der Waals surface area contributed by atoms with E-state index in [1.165, 1.54) is 12.2 Å². The Bertz CT molecular complexity index is 331. The van der Waals surface area contributed by atoms with Gasteiger partial charge in [-0.05, 0) is 0 Å². The smallest absolute Gasteiger partial charge is 0.253 e. The molecule has 0 saturated carbocycles. The minimum absolute atomic E-state index is 0.0397. The summed E-state index contributed by atoms with van der Waals surface area (Å²) in [4.78, 5) is 44.2. The Balaban J connectivity index is 2.24. The topological polar surface area (TPSA) is 83.6 Å². The van der Waals surface area contributed by atoms with E-state index in [1.807, 2.05) is 0 Å². The van der Waals surface area contributed by atoms with Gasteiger partial charge in [0.2, 0.25) is 5.91 Å². The lowest BCUT2D eigenvalue weighted by atomic mass is 10.3. The summed E-state index contributed by atoms with van der Waals surface area (Å²) >= 11 is 0. The molecular weight excluding hydrogens is 212 g/mol. The molecule has 0 aromatic rings. The Hall–Kier alpha value is -1.98. The largest absolute Gasteiger partial charge is 0.356 e. The highest BCUT2D eigenvalue weighted by Gasteiger charge is 2.23. The van der Waals surface area contributed by atoms with Gasteiger partial charge in [-0.3, -0.25) is 24.1 Å². The van der Waals surface area contributed by atoms with Gasteiger partial charge in [-0.25, -0.2) is 0 Å². The summed E-state index contributed by atoms with van der Waals surface area (Å²) in [5, 5.41) is 2.47. The molecule has 0 fully saturated rings. The Labute approximate surface area is 92.3 Å². The van der Waals surface area contributed by atoms with Crippen molar-refractivity contribution in [2.45, 2.75) is 12.8 Å². The lowest BCUT2D eigenvalue weighted by Gasteiger charge is -2.12. The predicted octanol–water partition coefficient (Wildman–Crippen LogP) is -1.08. The molecule has 0 aliphatic carbocycles. The zero-order valence-corrected chi connectivity index (χ0v) is 8.56. The van der Waals surface area contributed by atoms with Crippen LogP contribution in [0.4, 0.5) is 0 Å². The van der Waals surface area contributed by atoms with Crippen molar-refractivity contribution in [3.63, 3.8) is 0 Å². The van der Waals surface area contributed by atoms with Gasteiger partial charge >= 0.3 is 0 Å². The normalized spacial score (nSPS) is 14.4. The van der Waals surface area contributed by atoms with E-state index >= 15 is 0 Å². The first-order chi connectivity index (χ1) is 7.65. The van der Waals surface area contributed by atoms with Crippen molar-refractivity contribution < 1.29 is 19.2 Å². The summed E-state index contributed by atoms with van der Waals surface area (Å²) in [6, 6.07) is 0. The number of hydrogen-bond acceptors (Lipinski definition) is 4. The molecular formula is C10H11N2O4. The van der Waals surface area contributed by atoms with Crippen LogP contribution >= 0.6 is 0 Å². The molecule has 1 heterocycles. The van der Waals surface area contributed by atoms with E-state index in [-0.39, 0.29) is 31.8 Å². The van der Waals surface area contributed by atoms with Crippen molar-refractivity contribution >= 4 is 24.0 Å². The highest BCUT2D eigenvalue weighted by molar-refractivity contribution is 6.13. The van der Waals surface area contributed by atoms with Crippen LogP contribution in [0.1, 0.15) is 12.8 Å². The third kappa shape index (κ3) is 3.30. The second-order valence-corrected chi connectivity index (χ2v) is 3.16. The van der Waals surface area contributed by atoms with E-state index in [4.69, 9.17) is 0 Å². The van der Waals surface area contributed by atoms with E-state index in [2.05, 4.69) is 5.32 Å². The molecule has 85 valence electrons. The van der Waals surface area contributed by atoms with E-state index in [1.54, 1.807) is 6.29 Å². The van der Waals surface area contributed by atoms with Gasteiger partial charge in [0.15, 0.2) is 6.29 Å². The highest BCUT2D eigenvalue weighted by Crippen LogP contribution is 2.03. The van der Waals surface area contributed by atoms with Crippen LogP contribution in [-0.2, 0) is 19.2 Å². The molecule has 0 aromatic heterocycles. The van der Waals surface area contributed by atoms with Gasteiger partial charge in [-0.15, -0.1) is 0 Å². The first kappa shape index (κ1) is 12.1. The van der Waals surface area contributed by atoms with Gasteiger partial charge in [0.05, 0.1) is 0 Å². The second-order valence-electron chi connectivity index (χ2n) is 3.16. The van der Waals surface area contributed by atoms with E-state index in [0.29, 0.717) is 0 Å². The molecule has 1 rings (SSSR count). The van der Waals surface area contributed by atoms with Crippen LogP contribution < -0.4 is 5.32 Å². The van der Waals surface area contributed by atoms with Crippen LogP contribution in [-0.4, -0.2) is 42.0 Å². The molecule has 1 aliphatic rings. The molecule has 0 unspecified atom stereocenters. The molecule has 1 N–H and O–H groups in total. The maximum absolute atomic E-state index is 11.2. The minimum atomic E-state index is -0.404. The maximum atomic E-state index is 11.2. The fraction of sp³-hybridized carbons (Fsp3) is 0.400. The summed E-state index contributed by atoms with van der Waals surface area (Å²) < 4.78 is 0. The number of carbonyl (C=O) groups excluding carboxylic acids is 4. The number of nitrogens with zero attached hydrogens (tertiary/aromatic N) is 1. The Morgan fingerprint density at radius 3 is 2.50 bits per heavy atom. The average Bonchev–Trinajstić information content (AvgIpc) is 2.57. The molecule has 3 amide bonds. The molecule has 0 spiro atoms. The van der Waals surface area contributed by atoms with Crippen molar-refractivity contribution in [3.8, 4) is 0 Å². The Kier molecular flexibility index (Phi) is 4.38. The number of amides is 3. The molecule has 6 heteroatoms. The zero-order valence-electron chi connectivity index (χ0n) is 8.56.